The number of hydrogen-bond acceptors (Lipinski definition) is 6. The summed E-state index contributed by atoms with van der Waals surface area (Å²) >= 11 is 2.72. The van der Waals surface area contributed by atoms with Crippen LogP contribution in [0.4, 0.5) is 0 Å². The lowest BCUT2D eigenvalue weighted by Crippen LogP contribution is -2.01. The van der Waals surface area contributed by atoms with Crippen LogP contribution in [0.15, 0.2) is 50.3 Å². The van der Waals surface area contributed by atoms with Crippen LogP contribution >= 0.6 is 35.1 Å². The van der Waals surface area contributed by atoms with Crippen molar-refractivity contribution in [2.45, 2.75) is 29.0 Å². The molecule has 0 atom stereocenters. The molecule has 4 nitrogen and oxygen atoms in total. The van der Waals surface area contributed by atoms with Crippen molar-refractivity contribution in [2.75, 3.05) is 0 Å². The van der Waals surface area contributed by atoms with Crippen LogP contribution in [-0.4, -0.2) is 13.4 Å². The second kappa shape index (κ2) is 7.76. The number of sulfone groups is 1. The predicted octanol–water partition coefficient (Wildman–Crippen LogP) is 4.15. The molecular weight excluding hydrogens is 384 g/mol. The van der Waals surface area contributed by atoms with Gasteiger partial charge in [0.2, 0.25) is 9.84 Å². The molecule has 0 bridgehead atoms. The van der Waals surface area contributed by atoms with E-state index < -0.39 is 9.84 Å². The van der Waals surface area contributed by atoms with Gasteiger partial charge in [-0.2, -0.15) is 11.3 Å². The first-order chi connectivity index (χ1) is 11.0. The predicted molar refractivity (Wildman–Crippen MR) is 102 cm³/mol. The molecule has 128 valence electrons. The first-order valence-corrected chi connectivity index (χ1v) is 10.3. The number of nitrogens with two attached hydrogens (primary N) is 1. The van der Waals surface area contributed by atoms with Gasteiger partial charge in [0.1, 0.15) is 9.22 Å². The van der Waals surface area contributed by atoms with Crippen LogP contribution in [0.5, 0.6) is 0 Å². The Labute approximate surface area is 155 Å². The number of hydrogen-bond donors (Lipinski definition) is 1. The normalized spacial score (nSPS) is 11.2. The summed E-state index contributed by atoms with van der Waals surface area (Å²) in [6.45, 7) is 2.26. The lowest BCUT2D eigenvalue weighted by atomic mass is 10.0. The van der Waals surface area contributed by atoms with E-state index in [2.05, 4.69) is 4.98 Å². The fourth-order valence-electron chi connectivity index (χ4n) is 2.24. The number of aryl methyl sites for hydroxylation is 1. The SMILES string of the molecule is CCc1cc(-c2ccsc2)cc(S(=O)(=O)c2cnc(CN)s2)c1.Cl. The van der Waals surface area contributed by atoms with E-state index in [9.17, 15) is 8.42 Å². The summed E-state index contributed by atoms with van der Waals surface area (Å²) in [6, 6.07) is 7.51. The average molecular weight is 401 g/mol. The Morgan fingerprint density at radius 1 is 1.21 bits per heavy atom. The number of thiazole rings is 1. The van der Waals surface area contributed by atoms with Gasteiger partial charge in [0, 0.05) is 6.54 Å². The molecule has 2 N–H and O–H groups in total. The summed E-state index contributed by atoms with van der Waals surface area (Å²) in [5.41, 5.74) is 8.49. The van der Waals surface area contributed by atoms with Crippen molar-refractivity contribution >= 4 is 44.9 Å². The first-order valence-electron chi connectivity index (χ1n) is 7.11. The largest absolute Gasteiger partial charge is 0.325 e. The Balaban J connectivity index is 0.00000208. The zero-order valence-electron chi connectivity index (χ0n) is 12.9. The fraction of sp³-hybridized carbons (Fsp3) is 0.188. The van der Waals surface area contributed by atoms with Crippen molar-refractivity contribution in [1.29, 1.82) is 0 Å². The molecule has 0 aliphatic heterocycles. The van der Waals surface area contributed by atoms with Crippen LogP contribution < -0.4 is 5.73 Å². The lowest BCUT2D eigenvalue weighted by molar-refractivity contribution is 0.598. The molecule has 0 aliphatic rings. The summed E-state index contributed by atoms with van der Waals surface area (Å²) in [5, 5.41) is 4.62. The van der Waals surface area contributed by atoms with Gasteiger partial charge in [-0.05, 0) is 52.1 Å². The summed E-state index contributed by atoms with van der Waals surface area (Å²) in [5.74, 6) is 0. The summed E-state index contributed by atoms with van der Waals surface area (Å²) in [6.07, 6.45) is 2.17. The second-order valence-corrected chi connectivity index (χ2v) is 9.08. The van der Waals surface area contributed by atoms with Crippen LogP contribution in [0, 0.1) is 0 Å². The van der Waals surface area contributed by atoms with Gasteiger partial charge in [-0.25, -0.2) is 13.4 Å². The number of thiophene rings is 1. The highest BCUT2D eigenvalue weighted by atomic mass is 35.5. The highest BCUT2D eigenvalue weighted by Gasteiger charge is 2.22. The van der Waals surface area contributed by atoms with Gasteiger partial charge in [0.15, 0.2) is 0 Å². The quantitative estimate of drug-likeness (QED) is 0.698. The van der Waals surface area contributed by atoms with E-state index in [0.717, 1.165) is 34.4 Å². The van der Waals surface area contributed by atoms with Crippen molar-refractivity contribution in [3.8, 4) is 11.1 Å². The Morgan fingerprint density at radius 3 is 2.58 bits per heavy atom. The Bertz CT molecular complexity index is 919. The lowest BCUT2D eigenvalue weighted by Gasteiger charge is -2.08. The van der Waals surface area contributed by atoms with Gasteiger partial charge in [-0.3, -0.25) is 0 Å². The molecule has 0 aliphatic carbocycles. The maximum atomic E-state index is 12.9. The summed E-state index contributed by atoms with van der Waals surface area (Å²) in [7, 11) is -3.57. The summed E-state index contributed by atoms with van der Waals surface area (Å²) < 4.78 is 26.0. The van der Waals surface area contributed by atoms with Crippen molar-refractivity contribution in [2.24, 2.45) is 5.73 Å². The van der Waals surface area contributed by atoms with E-state index in [1.165, 1.54) is 6.20 Å². The molecule has 8 heteroatoms. The van der Waals surface area contributed by atoms with E-state index >= 15 is 0 Å². The minimum absolute atomic E-state index is 0. The van der Waals surface area contributed by atoms with Crippen LogP contribution in [0.2, 0.25) is 0 Å². The van der Waals surface area contributed by atoms with E-state index in [1.807, 2.05) is 29.8 Å². The van der Waals surface area contributed by atoms with E-state index in [1.54, 1.807) is 23.5 Å². The van der Waals surface area contributed by atoms with Gasteiger partial charge in [0.05, 0.1) is 11.1 Å². The van der Waals surface area contributed by atoms with Crippen LogP contribution in [-0.2, 0) is 22.8 Å². The minimum atomic E-state index is -3.57. The molecule has 2 heterocycles. The van der Waals surface area contributed by atoms with E-state index in [4.69, 9.17) is 5.73 Å². The minimum Gasteiger partial charge on any atom is -0.325 e. The molecular formula is C16H17ClN2O2S3. The molecule has 3 rings (SSSR count). The molecule has 0 saturated carbocycles. The third kappa shape index (κ3) is 3.70. The van der Waals surface area contributed by atoms with Crippen molar-refractivity contribution in [3.05, 3.63) is 51.8 Å². The third-order valence-corrected chi connectivity index (χ3v) is 7.41. The van der Waals surface area contributed by atoms with Crippen LogP contribution in [0.1, 0.15) is 17.5 Å². The van der Waals surface area contributed by atoms with Crippen LogP contribution in [0.3, 0.4) is 0 Å². The zero-order valence-corrected chi connectivity index (χ0v) is 16.2. The number of halogens is 1. The molecule has 3 aromatic rings. The highest BCUT2D eigenvalue weighted by molar-refractivity contribution is 7.93. The van der Waals surface area contributed by atoms with Gasteiger partial charge in [0.25, 0.3) is 0 Å². The monoisotopic (exact) mass is 400 g/mol. The van der Waals surface area contributed by atoms with Crippen molar-refractivity contribution < 1.29 is 8.42 Å². The molecule has 2 aromatic heterocycles. The molecule has 0 unspecified atom stereocenters. The highest BCUT2D eigenvalue weighted by Crippen LogP contribution is 2.31. The molecule has 0 fully saturated rings. The van der Waals surface area contributed by atoms with Crippen molar-refractivity contribution in [3.63, 3.8) is 0 Å². The zero-order chi connectivity index (χ0) is 16.4. The molecule has 0 spiro atoms. The van der Waals surface area contributed by atoms with Gasteiger partial charge in [-0.15, -0.1) is 23.7 Å². The smallest absolute Gasteiger partial charge is 0.217 e. The number of benzene rings is 1. The topological polar surface area (TPSA) is 73.0 Å². The fourth-order valence-corrected chi connectivity index (χ4v) is 5.46. The number of aromatic nitrogens is 1. The number of nitrogens with zero attached hydrogens (tertiary/aromatic N) is 1. The molecule has 24 heavy (non-hydrogen) atoms. The Kier molecular flexibility index (Phi) is 6.17. The Morgan fingerprint density at radius 2 is 2.00 bits per heavy atom. The average Bonchev–Trinajstić information content (AvgIpc) is 3.25. The summed E-state index contributed by atoms with van der Waals surface area (Å²) in [4.78, 5) is 4.37. The first kappa shape index (κ1) is 19.1. The molecule has 1 aromatic carbocycles. The van der Waals surface area contributed by atoms with Gasteiger partial charge >= 0.3 is 0 Å². The maximum absolute atomic E-state index is 12.9. The van der Waals surface area contributed by atoms with E-state index in [0.29, 0.717) is 9.90 Å². The Hall–Kier alpha value is -1.25. The molecule has 0 saturated heterocycles. The third-order valence-electron chi connectivity index (χ3n) is 3.51. The second-order valence-electron chi connectivity index (χ2n) is 5.01. The number of rotatable bonds is 5. The van der Waals surface area contributed by atoms with Crippen LogP contribution in [0.25, 0.3) is 11.1 Å². The van der Waals surface area contributed by atoms with E-state index in [-0.39, 0.29) is 23.2 Å². The molecule has 0 radical (unpaired) electrons. The maximum Gasteiger partial charge on any atom is 0.217 e. The van der Waals surface area contributed by atoms with Crippen molar-refractivity contribution in [1.82, 2.24) is 4.98 Å². The standard InChI is InChI=1S/C16H16N2O2S3.ClH/c1-2-11-5-13(12-3-4-21-10-12)7-14(6-11)23(19,20)16-9-18-15(8-17)22-16;/h3-7,9-10H,2,8,17H2,1H3;1H. The van der Waals surface area contributed by atoms with Gasteiger partial charge in [-0.1, -0.05) is 13.0 Å². The molecule has 0 amide bonds. The van der Waals surface area contributed by atoms with Gasteiger partial charge < -0.3 is 5.73 Å².